The highest BCUT2D eigenvalue weighted by molar-refractivity contribution is 5.76. The van der Waals surface area contributed by atoms with Crippen molar-refractivity contribution < 1.29 is 9.90 Å². The molecule has 1 aliphatic carbocycles. The van der Waals surface area contributed by atoms with Crippen LogP contribution in [0.25, 0.3) is 0 Å². The van der Waals surface area contributed by atoms with Gasteiger partial charge in [0, 0.05) is 25.6 Å². The standard InChI is InChI=1S/C13H23NO2/c15-10-4-3-7-13(16)14-9-8-11-5-1-2-6-12(11)14/h11-12,15H,1-10H2. The number of rotatable bonds is 4. The smallest absolute Gasteiger partial charge is 0.222 e. The van der Waals surface area contributed by atoms with E-state index in [0.717, 1.165) is 25.3 Å². The maximum atomic E-state index is 12.0. The lowest BCUT2D eigenvalue weighted by atomic mass is 9.85. The number of hydrogen-bond donors (Lipinski definition) is 1. The van der Waals surface area contributed by atoms with Crippen molar-refractivity contribution in [3.8, 4) is 0 Å². The fourth-order valence-corrected chi connectivity index (χ4v) is 3.25. The lowest BCUT2D eigenvalue weighted by Crippen LogP contribution is -2.39. The van der Waals surface area contributed by atoms with Gasteiger partial charge in [-0.25, -0.2) is 0 Å². The zero-order valence-electron chi connectivity index (χ0n) is 10.0. The molecule has 0 aromatic rings. The lowest BCUT2D eigenvalue weighted by Gasteiger charge is -2.31. The molecule has 2 unspecified atom stereocenters. The predicted octanol–water partition coefficient (Wildman–Crippen LogP) is 1.94. The number of nitrogens with zero attached hydrogens (tertiary/aromatic N) is 1. The highest BCUT2D eigenvalue weighted by Gasteiger charge is 2.37. The van der Waals surface area contributed by atoms with Crippen LogP contribution in [0.5, 0.6) is 0 Å². The van der Waals surface area contributed by atoms with Gasteiger partial charge >= 0.3 is 0 Å². The predicted molar refractivity (Wildman–Crippen MR) is 63.0 cm³/mol. The third-order valence-electron chi connectivity index (χ3n) is 4.13. The molecule has 2 rings (SSSR count). The fourth-order valence-electron chi connectivity index (χ4n) is 3.25. The topological polar surface area (TPSA) is 40.5 Å². The molecule has 2 aliphatic rings. The Kier molecular flexibility index (Phi) is 4.22. The van der Waals surface area contributed by atoms with Gasteiger partial charge in [-0.2, -0.15) is 0 Å². The number of amides is 1. The SMILES string of the molecule is O=C(CCCCO)N1CCC2CCCCC21. The van der Waals surface area contributed by atoms with Crippen molar-refractivity contribution in [2.75, 3.05) is 13.2 Å². The van der Waals surface area contributed by atoms with Crippen LogP contribution in [-0.4, -0.2) is 35.1 Å². The van der Waals surface area contributed by atoms with Crippen molar-refractivity contribution in [3.63, 3.8) is 0 Å². The summed E-state index contributed by atoms with van der Waals surface area (Å²) in [4.78, 5) is 14.1. The van der Waals surface area contributed by atoms with Crippen molar-refractivity contribution in [1.29, 1.82) is 0 Å². The van der Waals surface area contributed by atoms with Crippen molar-refractivity contribution in [2.24, 2.45) is 5.92 Å². The molecule has 0 aromatic carbocycles. The molecule has 1 heterocycles. The van der Waals surface area contributed by atoms with Crippen LogP contribution in [0.15, 0.2) is 0 Å². The van der Waals surface area contributed by atoms with Crippen LogP contribution < -0.4 is 0 Å². The molecule has 0 aromatic heterocycles. The van der Waals surface area contributed by atoms with Crippen LogP contribution in [0.4, 0.5) is 0 Å². The maximum Gasteiger partial charge on any atom is 0.222 e. The van der Waals surface area contributed by atoms with Crippen molar-refractivity contribution >= 4 is 5.91 Å². The van der Waals surface area contributed by atoms with Crippen molar-refractivity contribution in [1.82, 2.24) is 4.90 Å². The largest absolute Gasteiger partial charge is 0.396 e. The maximum absolute atomic E-state index is 12.0. The summed E-state index contributed by atoms with van der Waals surface area (Å²) in [5.74, 6) is 1.11. The molecule has 16 heavy (non-hydrogen) atoms. The van der Waals surface area contributed by atoms with E-state index >= 15 is 0 Å². The lowest BCUT2D eigenvalue weighted by molar-refractivity contribution is -0.132. The van der Waals surface area contributed by atoms with Crippen molar-refractivity contribution in [3.05, 3.63) is 0 Å². The van der Waals surface area contributed by atoms with Gasteiger partial charge in [0.15, 0.2) is 0 Å². The number of aliphatic hydroxyl groups excluding tert-OH is 1. The number of fused-ring (bicyclic) bond motifs is 1. The third kappa shape index (κ3) is 2.57. The zero-order valence-corrected chi connectivity index (χ0v) is 10.0. The van der Waals surface area contributed by atoms with Crippen LogP contribution in [0.2, 0.25) is 0 Å². The monoisotopic (exact) mass is 225 g/mol. The molecule has 0 spiro atoms. The summed E-state index contributed by atoms with van der Waals surface area (Å²) in [6.07, 6.45) is 8.63. The van der Waals surface area contributed by atoms with Gasteiger partial charge in [-0.15, -0.1) is 0 Å². The second-order valence-corrected chi connectivity index (χ2v) is 5.17. The summed E-state index contributed by atoms with van der Waals surface area (Å²) in [5.41, 5.74) is 0. The van der Waals surface area contributed by atoms with Crippen LogP contribution >= 0.6 is 0 Å². The first-order valence-corrected chi connectivity index (χ1v) is 6.73. The fraction of sp³-hybridized carbons (Fsp3) is 0.923. The molecule has 3 heteroatoms. The van der Waals surface area contributed by atoms with Gasteiger partial charge in [0.25, 0.3) is 0 Å². The van der Waals surface area contributed by atoms with Gasteiger partial charge in [-0.3, -0.25) is 4.79 Å². The van der Waals surface area contributed by atoms with E-state index in [1.807, 2.05) is 0 Å². The summed E-state index contributed by atoms with van der Waals surface area (Å²) in [7, 11) is 0. The average molecular weight is 225 g/mol. The zero-order chi connectivity index (χ0) is 11.4. The molecular formula is C13H23NO2. The molecule has 92 valence electrons. The molecule has 3 nitrogen and oxygen atoms in total. The molecule has 2 fully saturated rings. The molecule has 1 saturated heterocycles. The van der Waals surface area contributed by atoms with E-state index in [1.165, 1.54) is 32.1 Å². The number of unbranched alkanes of at least 4 members (excludes halogenated alkanes) is 1. The molecule has 1 aliphatic heterocycles. The van der Waals surface area contributed by atoms with Crippen LogP contribution in [0.3, 0.4) is 0 Å². The Bertz CT molecular complexity index is 242. The molecule has 2 atom stereocenters. The number of carbonyl (C=O) groups is 1. The summed E-state index contributed by atoms with van der Waals surface area (Å²) in [5, 5.41) is 8.71. The van der Waals surface area contributed by atoms with Gasteiger partial charge in [0.1, 0.15) is 0 Å². The van der Waals surface area contributed by atoms with Crippen LogP contribution in [0, 0.1) is 5.92 Å². The van der Waals surface area contributed by atoms with Gasteiger partial charge < -0.3 is 10.0 Å². The third-order valence-corrected chi connectivity index (χ3v) is 4.13. The molecule has 0 bridgehead atoms. The number of aliphatic hydroxyl groups is 1. The first-order valence-electron chi connectivity index (χ1n) is 6.73. The molecule has 0 radical (unpaired) electrons. The number of likely N-dealkylation sites (tertiary alicyclic amines) is 1. The van der Waals surface area contributed by atoms with Gasteiger partial charge in [-0.1, -0.05) is 12.8 Å². The van der Waals surface area contributed by atoms with Crippen molar-refractivity contribution in [2.45, 2.75) is 57.4 Å². The minimum atomic E-state index is 0.208. The minimum absolute atomic E-state index is 0.208. The van der Waals surface area contributed by atoms with E-state index in [0.29, 0.717) is 18.4 Å². The van der Waals surface area contributed by atoms with Gasteiger partial charge in [0.05, 0.1) is 0 Å². The van der Waals surface area contributed by atoms with E-state index in [4.69, 9.17) is 5.11 Å². The Morgan fingerprint density at radius 1 is 1.19 bits per heavy atom. The van der Waals surface area contributed by atoms with E-state index in [-0.39, 0.29) is 6.61 Å². The quantitative estimate of drug-likeness (QED) is 0.743. The first-order chi connectivity index (χ1) is 7.83. The average Bonchev–Trinajstić information content (AvgIpc) is 2.73. The summed E-state index contributed by atoms with van der Waals surface area (Å²) in [6, 6.07) is 0.551. The second-order valence-electron chi connectivity index (χ2n) is 5.17. The number of carbonyl (C=O) groups excluding carboxylic acids is 1. The second kappa shape index (κ2) is 5.67. The molecule has 1 saturated carbocycles. The van der Waals surface area contributed by atoms with E-state index < -0.39 is 0 Å². The number of hydrogen-bond acceptors (Lipinski definition) is 2. The minimum Gasteiger partial charge on any atom is -0.396 e. The first kappa shape index (κ1) is 11.9. The Balaban J connectivity index is 1.82. The Morgan fingerprint density at radius 3 is 2.81 bits per heavy atom. The van der Waals surface area contributed by atoms with Gasteiger partial charge in [-0.05, 0) is 38.0 Å². The summed E-state index contributed by atoms with van der Waals surface area (Å²) < 4.78 is 0. The van der Waals surface area contributed by atoms with E-state index in [1.54, 1.807) is 0 Å². The highest BCUT2D eigenvalue weighted by Crippen LogP contribution is 2.36. The van der Waals surface area contributed by atoms with Crippen LogP contribution in [0.1, 0.15) is 51.4 Å². The van der Waals surface area contributed by atoms with Crippen LogP contribution in [-0.2, 0) is 4.79 Å². The molecule has 1 amide bonds. The Labute approximate surface area is 97.8 Å². The highest BCUT2D eigenvalue weighted by atomic mass is 16.3. The molecular weight excluding hydrogens is 202 g/mol. The molecule has 1 N–H and O–H groups in total. The van der Waals surface area contributed by atoms with E-state index in [2.05, 4.69) is 4.90 Å². The van der Waals surface area contributed by atoms with Gasteiger partial charge in [0.2, 0.25) is 5.91 Å². The summed E-state index contributed by atoms with van der Waals surface area (Å²) in [6.45, 7) is 1.19. The summed E-state index contributed by atoms with van der Waals surface area (Å²) >= 11 is 0. The normalized spacial score (nSPS) is 29.2. The Hall–Kier alpha value is -0.570. The Morgan fingerprint density at radius 2 is 2.00 bits per heavy atom. The van der Waals surface area contributed by atoms with E-state index in [9.17, 15) is 4.79 Å².